The van der Waals surface area contributed by atoms with Gasteiger partial charge in [0.25, 0.3) is 0 Å². The van der Waals surface area contributed by atoms with Crippen LogP contribution in [0.25, 0.3) is 95.7 Å². The van der Waals surface area contributed by atoms with E-state index in [1.165, 1.54) is 90.2 Å². The second-order valence-corrected chi connectivity index (χ2v) is 18.9. The Morgan fingerprint density at radius 3 is 1.54 bits per heavy atom. The normalized spacial score (nSPS) is 13.2. The van der Waals surface area contributed by atoms with Crippen molar-refractivity contribution in [3.8, 4) is 33.4 Å². The molecule has 0 saturated carbocycles. The lowest BCUT2D eigenvalue weighted by molar-refractivity contribution is 0.653. The SMILES string of the molecule is CC1(C)c2cc(N(c3ccc(-c4cccc5c4sc4ccccc45)cc3)c3ccc(-c4cccc5c4sc4ccccc45)cc3)ccc2-c2c1ccc1c2oc2ccccc21. The van der Waals surface area contributed by atoms with Gasteiger partial charge in [0.2, 0.25) is 0 Å². The summed E-state index contributed by atoms with van der Waals surface area (Å²) in [6.45, 7) is 4.71. The Labute approximate surface area is 361 Å². The van der Waals surface area contributed by atoms with E-state index in [9.17, 15) is 0 Å². The van der Waals surface area contributed by atoms with Crippen molar-refractivity contribution in [1.29, 1.82) is 0 Å². The van der Waals surface area contributed by atoms with Crippen LogP contribution in [0.15, 0.2) is 192 Å². The van der Waals surface area contributed by atoms with Crippen molar-refractivity contribution in [1.82, 2.24) is 0 Å². The zero-order chi connectivity index (χ0) is 40.4. The van der Waals surface area contributed by atoms with Gasteiger partial charge in [-0.2, -0.15) is 0 Å². The molecule has 0 atom stereocenters. The summed E-state index contributed by atoms with van der Waals surface area (Å²) < 4.78 is 11.9. The van der Waals surface area contributed by atoms with Crippen LogP contribution in [-0.2, 0) is 5.41 Å². The molecule has 0 spiro atoms. The first-order valence-corrected chi connectivity index (χ1v) is 22.5. The van der Waals surface area contributed by atoms with Gasteiger partial charge in [0, 0.05) is 79.2 Å². The van der Waals surface area contributed by atoms with Gasteiger partial charge in [-0.3, -0.25) is 0 Å². The van der Waals surface area contributed by atoms with Crippen molar-refractivity contribution in [3.05, 3.63) is 199 Å². The number of nitrogens with zero attached hydrogens (tertiary/aromatic N) is 1. The molecular formula is C57H37NOS2. The average molecular weight is 816 g/mol. The zero-order valence-corrected chi connectivity index (χ0v) is 35.2. The maximum atomic E-state index is 6.64. The van der Waals surface area contributed by atoms with Gasteiger partial charge in [0.15, 0.2) is 0 Å². The molecule has 4 heteroatoms. The topological polar surface area (TPSA) is 16.4 Å². The molecule has 9 aromatic carbocycles. The van der Waals surface area contributed by atoms with Crippen LogP contribution < -0.4 is 4.90 Å². The summed E-state index contributed by atoms with van der Waals surface area (Å²) in [4.78, 5) is 2.42. The second-order valence-electron chi connectivity index (χ2n) is 16.8. The maximum absolute atomic E-state index is 6.64. The van der Waals surface area contributed by atoms with Crippen LogP contribution in [0.4, 0.5) is 17.1 Å². The molecule has 1 aliphatic carbocycles. The Bertz CT molecular complexity index is 3580. The predicted octanol–water partition coefficient (Wildman–Crippen LogP) is 17.4. The van der Waals surface area contributed by atoms with Gasteiger partial charge < -0.3 is 9.32 Å². The van der Waals surface area contributed by atoms with E-state index in [1.807, 2.05) is 22.7 Å². The minimum atomic E-state index is -0.223. The molecule has 3 heterocycles. The van der Waals surface area contributed by atoms with Crippen LogP contribution in [-0.4, -0.2) is 0 Å². The zero-order valence-electron chi connectivity index (χ0n) is 33.6. The van der Waals surface area contributed by atoms with Crippen molar-refractivity contribution in [3.63, 3.8) is 0 Å². The highest BCUT2D eigenvalue weighted by Crippen LogP contribution is 2.54. The van der Waals surface area contributed by atoms with Crippen molar-refractivity contribution in [2.45, 2.75) is 19.3 Å². The monoisotopic (exact) mass is 815 g/mol. The molecule has 13 rings (SSSR count). The number of furan rings is 1. The van der Waals surface area contributed by atoms with E-state index in [1.54, 1.807) is 0 Å². The Hall–Kier alpha value is -6.98. The van der Waals surface area contributed by atoms with E-state index in [0.29, 0.717) is 0 Å². The van der Waals surface area contributed by atoms with E-state index in [0.717, 1.165) is 33.6 Å². The number of rotatable bonds is 5. The molecule has 2 nitrogen and oxygen atoms in total. The van der Waals surface area contributed by atoms with E-state index in [4.69, 9.17) is 4.42 Å². The van der Waals surface area contributed by atoms with E-state index < -0.39 is 0 Å². The van der Waals surface area contributed by atoms with E-state index in [-0.39, 0.29) is 5.41 Å². The Kier molecular flexibility index (Phi) is 7.43. The summed E-state index contributed by atoms with van der Waals surface area (Å²) in [5.74, 6) is 0. The minimum Gasteiger partial charge on any atom is -0.455 e. The summed E-state index contributed by atoms with van der Waals surface area (Å²) >= 11 is 3.76. The molecule has 1 aliphatic rings. The average Bonchev–Trinajstić information content (AvgIpc) is 4.05. The number of anilines is 3. The molecule has 61 heavy (non-hydrogen) atoms. The van der Waals surface area contributed by atoms with Crippen LogP contribution in [0.1, 0.15) is 25.0 Å². The third-order valence-corrected chi connectivity index (χ3v) is 15.5. The van der Waals surface area contributed by atoms with Gasteiger partial charge in [-0.15, -0.1) is 22.7 Å². The molecule has 0 saturated heterocycles. The molecule has 12 aromatic rings. The minimum absolute atomic E-state index is 0.223. The first-order chi connectivity index (χ1) is 30.0. The standard InChI is InChI=1S/C57H37NOS2/c1-57(2)48-32-31-44-41-11-3-6-18-50(41)59-54(44)53(48)47-30-29-38(33-49(47)57)58(36-25-21-34(22-26-36)39-14-9-16-45-42-12-4-7-19-51(42)60-55(39)45)37-27-23-35(24-28-37)40-15-10-17-46-43-13-5-8-20-52(43)61-56(40)46/h3-33H,1-2H3. The highest BCUT2D eigenvalue weighted by atomic mass is 32.1. The van der Waals surface area contributed by atoms with Crippen molar-refractivity contribution in [2.75, 3.05) is 4.90 Å². The van der Waals surface area contributed by atoms with Crippen LogP contribution in [0.2, 0.25) is 0 Å². The summed E-state index contributed by atoms with van der Waals surface area (Å²) in [6.07, 6.45) is 0. The highest BCUT2D eigenvalue weighted by molar-refractivity contribution is 7.26. The molecule has 0 aliphatic heterocycles. The Morgan fingerprint density at radius 2 is 0.934 bits per heavy atom. The van der Waals surface area contributed by atoms with Crippen LogP contribution in [0.5, 0.6) is 0 Å². The molecule has 0 unspecified atom stereocenters. The van der Waals surface area contributed by atoms with Gasteiger partial charge in [0.05, 0.1) is 0 Å². The van der Waals surface area contributed by atoms with Crippen molar-refractivity contribution in [2.24, 2.45) is 0 Å². The lowest BCUT2D eigenvalue weighted by atomic mass is 9.82. The maximum Gasteiger partial charge on any atom is 0.143 e. The van der Waals surface area contributed by atoms with Crippen LogP contribution in [0.3, 0.4) is 0 Å². The molecule has 0 bridgehead atoms. The fourth-order valence-electron chi connectivity index (χ4n) is 10.1. The lowest BCUT2D eigenvalue weighted by Crippen LogP contribution is -2.16. The molecule has 0 N–H and O–H groups in total. The van der Waals surface area contributed by atoms with E-state index >= 15 is 0 Å². The van der Waals surface area contributed by atoms with Crippen LogP contribution >= 0.6 is 22.7 Å². The fourth-order valence-corrected chi connectivity index (χ4v) is 12.6. The number of fused-ring (bicyclic) bond motifs is 13. The molecule has 3 aromatic heterocycles. The molecule has 0 radical (unpaired) electrons. The Morgan fingerprint density at radius 1 is 0.410 bits per heavy atom. The largest absolute Gasteiger partial charge is 0.455 e. The number of thiophene rings is 2. The number of benzene rings is 9. The first kappa shape index (κ1) is 34.8. The number of hydrogen-bond acceptors (Lipinski definition) is 4. The Balaban J connectivity index is 0.956. The molecule has 288 valence electrons. The third-order valence-electron chi connectivity index (χ3n) is 13.1. The van der Waals surface area contributed by atoms with Gasteiger partial charge in [-0.1, -0.05) is 147 Å². The van der Waals surface area contributed by atoms with Gasteiger partial charge in [0.1, 0.15) is 11.2 Å². The molecular weight excluding hydrogens is 779 g/mol. The smallest absolute Gasteiger partial charge is 0.143 e. The van der Waals surface area contributed by atoms with Gasteiger partial charge in [-0.05, 0) is 93.5 Å². The third kappa shape index (κ3) is 5.13. The summed E-state index contributed by atoms with van der Waals surface area (Å²) in [5.41, 5.74) is 15.1. The van der Waals surface area contributed by atoms with Crippen molar-refractivity contribution >= 4 is 102 Å². The van der Waals surface area contributed by atoms with Crippen LogP contribution in [0, 0.1) is 0 Å². The van der Waals surface area contributed by atoms with Gasteiger partial charge in [-0.25, -0.2) is 0 Å². The number of para-hydroxylation sites is 1. The fraction of sp³-hybridized carbons (Fsp3) is 0.0526. The second kappa shape index (κ2) is 13.0. The quantitative estimate of drug-likeness (QED) is 0.172. The highest BCUT2D eigenvalue weighted by Gasteiger charge is 2.38. The predicted molar refractivity (Wildman–Crippen MR) is 263 cm³/mol. The molecule has 0 amide bonds. The van der Waals surface area contributed by atoms with Crippen molar-refractivity contribution < 1.29 is 4.42 Å². The number of hydrogen-bond donors (Lipinski definition) is 0. The summed E-state index contributed by atoms with van der Waals surface area (Å²) in [7, 11) is 0. The van der Waals surface area contributed by atoms with E-state index in [2.05, 4.69) is 207 Å². The summed E-state index contributed by atoms with van der Waals surface area (Å²) in [5, 5.41) is 7.60. The van der Waals surface area contributed by atoms with Gasteiger partial charge >= 0.3 is 0 Å². The lowest BCUT2D eigenvalue weighted by Gasteiger charge is -2.28. The first-order valence-electron chi connectivity index (χ1n) is 20.9. The molecule has 0 fully saturated rings. The summed E-state index contributed by atoms with van der Waals surface area (Å²) in [6, 6.07) is 69.3.